The molecule has 0 unspecified atom stereocenters. The van der Waals surface area contributed by atoms with E-state index in [4.69, 9.17) is 20.3 Å². The first kappa shape index (κ1) is 17.3. The molecule has 1 aromatic heterocycles. The van der Waals surface area contributed by atoms with Gasteiger partial charge in [0, 0.05) is 17.9 Å². The summed E-state index contributed by atoms with van der Waals surface area (Å²) in [7, 11) is 0. The molecule has 1 aliphatic heterocycles. The maximum Gasteiger partial charge on any atom is 0.253 e. The van der Waals surface area contributed by atoms with Crippen molar-refractivity contribution in [2.75, 3.05) is 24.7 Å². The van der Waals surface area contributed by atoms with Crippen molar-refractivity contribution < 1.29 is 18.7 Å². The molecule has 1 aromatic carbocycles. The molecule has 1 atom stereocenters. The van der Waals surface area contributed by atoms with E-state index >= 15 is 0 Å². The summed E-state index contributed by atoms with van der Waals surface area (Å²) in [4.78, 5) is 14.3. The molecule has 0 saturated carbocycles. The average molecular weight is 339 g/mol. The molecule has 0 radical (unpaired) electrons. The van der Waals surface area contributed by atoms with Gasteiger partial charge in [-0.1, -0.05) is 12.0 Å². The summed E-state index contributed by atoms with van der Waals surface area (Å²) in [5.74, 6) is 3.13. The fourth-order valence-electron chi connectivity index (χ4n) is 2.78. The van der Waals surface area contributed by atoms with Gasteiger partial charge in [-0.25, -0.2) is 0 Å². The summed E-state index contributed by atoms with van der Waals surface area (Å²) in [6, 6.07) is 10.9. The number of anilines is 1. The third-order valence-corrected chi connectivity index (χ3v) is 4.07. The third kappa shape index (κ3) is 4.72. The number of carbonyl (C=O) groups is 1. The highest BCUT2D eigenvalue weighted by molar-refractivity contribution is 5.94. The zero-order valence-electron chi connectivity index (χ0n) is 14.0. The third-order valence-electron chi connectivity index (χ3n) is 4.07. The van der Waals surface area contributed by atoms with Gasteiger partial charge in [0.1, 0.15) is 12.4 Å². The molecule has 1 aliphatic rings. The van der Waals surface area contributed by atoms with Crippen molar-refractivity contribution in [3.05, 3.63) is 54.0 Å². The van der Waals surface area contributed by atoms with E-state index in [9.17, 15) is 4.79 Å². The molecule has 0 bridgehead atoms. The molecule has 1 fully saturated rings. The number of benzene rings is 1. The van der Waals surface area contributed by atoms with Gasteiger partial charge in [-0.3, -0.25) is 4.79 Å². The first-order valence-electron chi connectivity index (χ1n) is 8.35. The van der Waals surface area contributed by atoms with Gasteiger partial charge in [0.05, 0.1) is 25.5 Å². The Kier molecular flexibility index (Phi) is 5.89. The van der Waals surface area contributed by atoms with Crippen LogP contribution in [0.4, 0.5) is 5.69 Å². The van der Waals surface area contributed by atoms with Crippen LogP contribution in [-0.4, -0.2) is 31.8 Å². The Balaban J connectivity index is 1.68. The fraction of sp³-hybridized carbons (Fsp3) is 0.350. The topological polar surface area (TPSA) is 51.9 Å². The highest BCUT2D eigenvalue weighted by Crippen LogP contribution is 2.20. The summed E-state index contributed by atoms with van der Waals surface area (Å²) in [6.07, 6.45) is 9.18. The van der Waals surface area contributed by atoms with E-state index in [0.717, 1.165) is 30.7 Å². The Morgan fingerprint density at radius 3 is 3.00 bits per heavy atom. The minimum Gasteiger partial charge on any atom is -0.467 e. The number of rotatable bonds is 7. The summed E-state index contributed by atoms with van der Waals surface area (Å²) in [5.41, 5.74) is 1.44. The van der Waals surface area contributed by atoms with Crippen molar-refractivity contribution >= 4 is 11.6 Å². The Hall–Kier alpha value is -2.55. The van der Waals surface area contributed by atoms with Crippen LogP contribution in [0.15, 0.2) is 47.1 Å². The predicted octanol–water partition coefficient (Wildman–Crippen LogP) is 2.99. The standard InChI is InChI=1S/C20H21NO4/c1-2-16-6-3-7-17(12-16)21(13-18-8-4-10-24-18)20(22)15-23-14-19-9-5-11-25-19/h1,3-4,6-8,10,12,19H,5,9,11,13-15H2/t19-/m1/s1. The first-order chi connectivity index (χ1) is 12.3. The number of amides is 1. The lowest BCUT2D eigenvalue weighted by molar-refractivity contribution is -0.124. The normalized spacial score (nSPS) is 16.5. The molecule has 0 aliphatic carbocycles. The smallest absolute Gasteiger partial charge is 0.253 e. The predicted molar refractivity (Wildman–Crippen MR) is 94.1 cm³/mol. The van der Waals surface area contributed by atoms with Crippen LogP contribution < -0.4 is 4.90 Å². The first-order valence-corrected chi connectivity index (χ1v) is 8.35. The van der Waals surface area contributed by atoms with Crippen molar-refractivity contribution in [3.63, 3.8) is 0 Å². The molecule has 1 amide bonds. The van der Waals surface area contributed by atoms with Crippen molar-refractivity contribution in [3.8, 4) is 12.3 Å². The maximum absolute atomic E-state index is 12.7. The second-order valence-electron chi connectivity index (χ2n) is 5.90. The van der Waals surface area contributed by atoms with Crippen LogP contribution in [0, 0.1) is 12.3 Å². The lowest BCUT2D eigenvalue weighted by Gasteiger charge is -2.22. The summed E-state index contributed by atoms with van der Waals surface area (Å²) >= 11 is 0. The van der Waals surface area contributed by atoms with Crippen LogP contribution in [0.25, 0.3) is 0 Å². The monoisotopic (exact) mass is 339 g/mol. The van der Waals surface area contributed by atoms with Crippen molar-refractivity contribution in [2.24, 2.45) is 0 Å². The number of terminal acetylenes is 1. The SMILES string of the molecule is C#Cc1cccc(N(Cc2ccco2)C(=O)COC[C@H]2CCCO2)c1. The second kappa shape index (κ2) is 8.52. The number of hydrogen-bond acceptors (Lipinski definition) is 4. The van der Waals surface area contributed by atoms with Crippen LogP contribution >= 0.6 is 0 Å². The highest BCUT2D eigenvalue weighted by atomic mass is 16.5. The van der Waals surface area contributed by atoms with E-state index in [1.807, 2.05) is 24.3 Å². The van der Waals surface area contributed by atoms with Gasteiger partial charge in [-0.15, -0.1) is 6.42 Å². The van der Waals surface area contributed by atoms with Gasteiger partial charge >= 0.3 is 0 Å². The summed E-state index contributed by atoms with van der Waals surface area (Å²) < 4.78 is 16.5. The summed E-state index contributed by atoms with van der Waals surface area (Å²) in [5, 5.41) is 0. The van der Waals surface area contributed by atoms with Crippen LogP contribution in [-0.2, 0) is 20.8 Å². The Labute approximate surface area is 147 Å². The highest BCUT2D eigenvalue weighted by Gasteiger charge is 2.20. The molecule has 0 spiro atoms. The van der Waals surface area contributed by atoms with Gasteiger partial charge in [-0.05, 0) is 43.2 Å². The molecule has 5 heteroatoms. The Morgan fingerprint density at radius 1 is 1.36 bits per heavy atom. The quantitative estimate of drug-likeness (QED) is 0.728. The van der Waals surface area contributed by atoms with Crippen LogP contribution in [0.1, 0.15) is 24.2 Å². The number of nitrogens with zero attached hydrogens (tertiary/aromatic N) is 1. The molecular formula is C20H21NO4. The van der Waals surface area contributed by atoms with Crippen molar-refractivity contribution in [2.45, 2.75) is 25.5 Å². The lowest BCUT2D eigenvalue weighted by Crippen LogP contribution is -2.34. The van der Waals surface area contributed by atoms with Gasteiger partial charge in [0.2, 0.25) is 0 Å². The van der Waals surface area contributed by atoms with Gasteiger partial charge in [-0.2, -0.15) is 0 Å². The number of carbonyl (C=O) groups excluding carboxylic acids is 1. The van der Waals surface area contributed by atoms with Gasteiger partial charge < -0.3 is 18.8 Å². The van der Waals surface area contributed by atoms with E-state index in [1.165, 1.54) is 0 Å². The van der Waals surface area contributed by atoms with Crippen LogP contribution in [0.2, 0.25) is 0 Å². The molecular weight excluding hydrogens is 318 g/mol. The zero-order chi connectivity index (χ0) is 17.5. The molecule has 5 nitrogen and oxygen atoms in total. The molecule has 3 rings (SSSR count). The van der Waals surface area contributed by atoms with E-state index in [0.29, 0.717) is 18.9 Å². The zero-order valence-corrected chi connectivity index (χ0v) is 14.0. The maximum atomic E-state index is 12.7. The van der Waals surface area contributed by atoms with Crippen LogP contribution in [0.3, 0.4) is 0 Å². The van der Waals surface area contributed by atoms with Crippen molar-refractivity contribution in [1.29, 1.82) is 0 Å². The number of ether oxygens (including phenoxy) is 2. The van der Waals surface area contributed by atoms with E-state index < -0.39 is 0 Å². The minimum atomic E-state index is -0.149. The largest absolute Gasteiger partial charge is 0.467 e. The van der Waals surface area contributed by atoms with Crippen LogP contribution in [0.5, 0.6) is 0 Å². The minimum absolute atomic E-state index is 0.0130. The molecule has 1 saturated heterocycles. The fourth-order valence-corrected chi connectivity index (χ4v) is 2.78. The Morgan fingerprint density at radius 2 is 2.28 bits per heavy atom. The molecule has 25 heavy (non-hydrogen) atoms. The molecule has 2 aromatic rings. The molecule has 0 N–H and O–H groups in total. The number of hydrogen-bond donors (Lipinski definition) is 0. The van der Waals surface area contributed by atoms with E-state index in [1.54, 1.807) is 23.3 Å². The van der Waals surface area contributed by atoms with Gasteiger partial charge in [0.15, 0.2) is 0 Å². The van der Waals surface area contributed by atoms with E-state index in [-0.39, 0.29) is 18.6 Å². The van der Waals surface area contributed by atoms with Crippen molar-refractivity contribution in [1.82, 2.24) is 0 Å². The average Bonchev–Trinajstić information content (AvgIpc) is 3.33. The lowest BCUT2D eigenvalue weighted by atomic mass is 10.2. The number of furan rings is 1. The second-order valence-corrected chi connectivity index (χ2v) is 5.90. The molecule has 130 valence electrons. The van der Waals surface area contributed by atoms with Gasteiger partial charge in [0.25, 0.3) is 5.91 Å². The van der Waals surface area contributed by atoms with E-state index in [2.05, 4.69) is 5.92 Å². The Bertz CT molecular complexity index is 726. The summed E-state index contributed by atoms with van der Waals surface area (Å²) in [6.45, 7) is 1.51. The molecule has 2 heterocycles.